The Balaban J connectivity index is 2.09. The van der Waals surface area contributed by atoms with E-state index in [1.54, 1.807) is 22.8 Å². The molecule has 0 atom stereocenters. The number of hydrogen-bond acceptors (Lipinski definition) is 3. The van der Waals surface area contributed by atoms with Crippen LogP contribution in [-0.2, 0) is 11.3 Å². The number of rotatable bonds is 4. The van der Waals surface area contributed by atoms with Gasteiger partial charge in [0.05, 0.1) is 17.6 Å². The first kappa shape index (κ1) is 12.7. The van der Waals surface area contributed by atoms with Crippen molar-refractivity contribution in [2.75, 3.05) is 12.8 Å². The van der Waals surface area contributed by atoms with E-state index in [9.17, 15) is 4.79 Å². The minimum atomic E-state index is 0.00537. The number of para-hydroxylation sites is 1. The number of benzene rings is 1. The van der Waals surface area contributed by atoms with Crippen LogP contribution in [0.1, 0.15) is 5.56 Å². The van der Waals surface area contributed by atoms with Gasteiger partial charge in [0.25, 0.3) is 0 Å². The van der Waals surface area contributed by atoms with Crippen molar-refractivity contribution in [1.82, 2.24) is 14.7 Å². The highest BCUT2D eigenvalue weighted by Crippen LogP contribution is 2.09. The van der Waals surface area contributed by atoms with E-state index in [4.69, 9.17) is 0 Å². The van der Waals surface area contributed by atoms with Gasteiger partial charge in [0.15, 0.2) is 0 Å². The second kappa shape index (κ2) is 5.73. The summed E-state index contributed by atoms with van der Waals surface area (Å²) in [4.78, 5) is 13.1. The zero-order chi connectivity index (χ0) is 13.0. The molecule has 0 spiro atoms. The van der Waals surface area contributed by atoms with Gasteiger partial charge in [0.2, 0.25) is 5.91 Å². The maximum atomic E-state index is 11.4. The van der Waals surface area contributed by atoms with E-state index in [1.807, 2.05) is 36.5 Å². The topological polar surface area (TPSA) is 38.1 Å². The van der Waals surface area contributed by atoms with E-state index in [1.165, 1.54) is 0 Å². The third-order valence-corrected chi connectivity index (χ3v) is 2.91. The van der Waals surface area contributed by atoms with Crippen molar-refractivity contribution in [1.29, 1.82) is 0 Å². The average molecular weight is 261 g/mol. The summed E-state index contributed by atoms with van der Waals surface area (Å²) in [6.07, 6.45) is 3.70. The van der Waals surface area contributed by atoms with Gasteiger partial charge in [-0.05, 0) is 12.1 Å². The molecule has 0 N–H and O–H groups in total. The Morgan fingerprint density at radius 1 is 1.39 bits per heavy atom. The van der Waals surface area contributed by atoms with Crippen molar-refractivity contribution in [3.05, 3.63) is 48.3 Å². The highest BCUT2D eigenvalue weighted by Gasteiger charge is 2.08. The van der Waals surface area contributed by atoms with Crippen LogP contribution >= 0.6 is 12.6 Å². The molecule has 5 heteroatoms. The van der Waals surface area contributed by atoms with Gasteiger partial charge in [0, 0.05) is 25.4 Å². The first-order valence-electron chi connectivity index (χ1n) is 5.64. The van der Waals surface area contributed by atoms with Crippen molar-refractivity contribution >= 4 is 18.5 Å². The molecule has 1 aromatic carbocycles. The molecule has 1 heterocycles. The fourth-order valence-corrected chi connectivity index (χ4v) is 1.89. The van der Waals surface area contributed by atoms with Crippen molar-refractivity contribution in [3.8, 4) is 5.69 Å². The van der Waals surface area contributed by atoms with Gasteiger partial charge < -0.3 is 4.90 Å². The summed E-state index contributed by atoms with van der Waals surface area (Å²) < 4.78 is 1.80. The summed E-state index contributed by atoms with van der Waals surface area (Å²) in [5.41, 5.74) is 2.00. The van der Waals surface area contributed by atoms with E-state index in [-0.39, 0.29) is 11.7 Å². The van der Waals surface area contributed by atoms with Crippen molar-refractivity contribution < 1.29 is 4.79 Å². The molecule has 0 radical (unpaired) electrons. The largest absolute Gasteiger partial charge is 0.341 e. The van der Waals surface area contributed by atoms with Crippen molar-refractivity contribution in [2.45, 2.75) is 6.54 Å². The number of amides is 1. The maximum absolute atomic E-state index is 11.4. The van der Waals surface area contributed by atoms with Gasteiger partial charge in [-0.25, -0.2) is 4.68 Å². The van der Waals surface area contributed by atoms with Gasteiger partial charge in [-0.15, -0.1) is 0 Å². The van der Waals surface area contributed by atoms with Crippen LogP contribution in [0.3, 0.4) is 0 Å². The Labute approximate surface area is 112 Å². The molecule has 2 rings (SSSR count). The molecule has 94 valence electrons. The van der Waals surface area contributed by atoms with Gasteiger partial charge >= 0.3 is 0 Å². The van der Waals surface area contributed by atoms with Crippen LogP contribution in [0.25, 0.3) is 5.69 Å². The second-order valence-corrected chi connectivity index (χ2v) is 4.35. The number of aromatic nitrogens is 2. The minimum Gasteiger partial charge on any atom is -0.341 e. The second-order valence-electron chi connectivity index (χ2n) is 4.04. The molecule has 0 aliphatic carbocycles. The summed E-state index contributed by atoms with van der Waals surface area (Å²) in [6.45, 7) is 0.548. The van der Waals surface area contributed by atoms with E-state index in [2.05, 4.69) is 17.7 Å². The first-order valence-corrected chi connectivity index (χ1v) is 6.28. The van der Waals surface area contributed by atoms with Crippen LogP contribution < -0.4 is 0 Å². The van der Waals surface area contributed by atoms with E-state index < -0.39 is 0 Å². The van der Waals surface area contributed by atoms with E-state index in [0.717, 1.165) is 11.3 Å². The molecular weight excluding hydrogens is 246 g/mol. The lowest BCUT2D eigenvalue weighted by Crippen LogP contribution is -2.26. The number of thiol groups is 1. The highest BCUT2D eigenvalue weighted by molar-refractivity contribution is 7.81. The molecule has 0 unspecified atom stereocenters. The molecular formula is C13H15N3OS. The highest BCUT2D eigenvalue weighted by atomic mass is 32.1. The lowest BCUT2D eigenvalue weighted by molar-refractivity contribution is -0.127. The van der Waals surface area contributed by atoms with Gasteiger partial charge in [-0.2, -0.15) is 17.7 Å². The number of carbonyl (C=O) groups excluding carboxylic acids is 1. The molecule has 0 aliphatic heterocycles. The van der Waals surface area contributed by atoms with Crippen LogP contribution in [0.4, 0.5) is 0 Å². The summed E-state index contributed by atoms with van der Waals surface area (Å²) >= 11 is 3.97. The fraction of sp³-hybridized carbons (Fsp3) is 0.231. The van der Waals surface area contributed by atoms with Crippen LogP contribution in [0.5, 0.6) is 0 Å². The smallest absolute Gasteiger partial charge is 0.232 e. The van der Waals surface area contributed by atoms with E-state index >= 15 is 0 Å². The Hall–Kier alpha value is -1.75. The molecule has 1 amide bonds. The fourth-order valence-electron chi connectivity index (χ4n) is 1.65. The minimum absolute atomic E-state index is 0.00537. The average Bonchev–Trinajstić information content (AvgIpc) is 2.87. The molecule has 4 nitrogen and oxygen atoms in total. The zero-order valence-corrected chi connectivity index (χ0v) is 11.0. The Bertz CT molecular complexity index is 524. The molecule has 2 aromatic rings. The number of carbonyl (C=O) groups is 1. The Kier molecular flexibility index (Phi) is 4.04. The van der Waals surface area contributed by atoms with Crippen molar-refractivity contribution in [3.63, 3.8) is 0 Å². The summed E-state index contributed by atoms with van der Waals surface area (Å²) in [5, 5.41) is 4.28. The molecule has 0 fully saturated rings. The van der Waals surface area contributed by atoms with Crippen LogP contribution in [-0.4, -0.2) is 33.4 Å². The van der Waals surface area contributed by atoms with Crippen LogP contribution in [0.15, 0.2) is 42.7 Å². The summed E-state index contributed by atoms with van der Waals surface area (Å²) in [6, 6.07) is 9.87. The molecule has 18 heavy (non-hydrogen) atoms. The maximum Gasteiger partial charge on any atom is 0.232 e. The lowest BCUT2D eigenvalue weighted by Gasteiger charge is -2.14. The molecule has 0 aliphatic rings. The monoisotopic (exact) mass is 261 g/mol. The molecule has 0 bridgehead atoms. The van der Waals surface area contributed by atoms with Gasteiger partial charge in [-0.1, -0.05) is 18.2 Å². The lowest BCUT2D eigenvalue weighted by atomic mass is 10.3. The van der Waals surface area contributed by atoms with Crippen molar-refractivity contribution in [2.24, 2.45) is 0 Å². The summed E-state index contributed by atoms with van der Waals surface area (Å²) in [7, 11) is 1.76. The van der Waals surface area contributed by atoms with Crippen LogP contribution in [0.2, 0.25) is 0 Å². The normalized spacial score (nSPS) is 10.3. The van der Waals surface area contributed by atoms with E-state index in [0.29, 0.717) is 6.54 Å². The Morgan fingerprint density at radius 2 is 2.11 bits per heavy atom. The Morgan fingerprint density at radius 3 is 2.78 bits per heavy atom. The predicted molar refractivity (Wildman–Crippen MR) is 73.9 cm³/mol. The standard InChI is InChI=1S/C13H15N3OS/c1-15(13(17)10-18)8-11-7-14-16(9-11)12-5-3-2-4-6-12/h2-7,9,18H,8,10H2,1H3. The zero-order valence-electron chi connectivity index (χ0n) is 10.2. The summed E-state index contributed by atoms with van der Waals surface area (Å²) in [5.74, 6) is 0.231. The molecule has 0 saturated carbocycles. The third kappa shape index (κ3) is 2.92. The quantitative estimate of drug-likeness (QED) is 0.852. The SMILES string of the molecule is CN(Cc1cnn(-c2ccccc2)c1)C(=O)CS. The number of nitrogens with zero attached hydrogens (tertiary/aromatic N) is 3. The van der Waals surface area contributed by atoms with Crippen LogP contribution in [0, 0.1) is 0 Å². The predicted octanol–water partition coefficient (Wildman–Crippen LogP) is 1.76. The third-order valence-electron chi connectivity index (χ3n) is 2.64. The first-order chi connectivity index (χ1) is 8.70. The molecule has 1 aromatic heterocycles. The molecule has 0 saturated heterocycles. The number of hydrogen-bond donors (Lipinski definition) is 1. The van der Waals surface area contributed by atoms with Gasteiger partial charge in [0.1, 0.15) is 0 Å². The van der Waals surface area contributed by atoms with Gasteiger partial charge in [-0.3, -0.25) is 4.79 Å².